The maximum absolute atomic E-state index is 14.1. The number of ether oxygens (including phenoxy) is 1. The van der Waals surface area contributed by atoms with Crippen molar-refractivity contribution in [2.75, 3.05) is 6.61 Å². The minimum absolute atomic E-state index is 0.00379. The van der Waals surface area contributed by atoms with Crippen LogP contribution in [0.2, 0.25) is 78.6 Å². The molecule has 0 aromatic rings. The lowest BCUT2D eigenvalue weighted by molar-refractivity contribution is -0.137. The summed E-state index contributed by atoms with van der Waals surface area (Å²) in [6, 6.07) is 0.937. The topological polar surface area (TPSA) is 91.3 Å². The number of ketones is 1. The Hall–Kier alpha value is -1.45. The molecule has 0 bridgehead atoms. The monoisotopic (exact) mass is 1030 g/mol. The molecule has 7 nitrogen and oxygen atoms in total. The Morgan fingerprint density at radius 2 is 1.12 bits per heavy atom. The summed E-state index contributed by atoms with van der Waals surface area (Å²) in [6.07, 6.45) is 18.9. The predicted molar refractivity (Wildman–Crippen MR) is 310 cm³/mol. The smallest absolute Gasteiger partial charge is 0.330 e. The van der Waals surface area contributed by atoms with Crippen molar-refractivity contribution in [3.05, 3.63) is 61.3 Å². The van der Waals surface area contributed by atoms with Crippen molar-refractivity contribution in [1.82, 2.24) is 0 Å². The lowest BCUT2D eigenvalue weighted by Gasteiger charge is -2.47. The largest absolute Gasteiger partial charge is 0.463 e. The summed E-state index contributed by atoms with van der Waals surface area (Å²) in [6.45, 7) is 61.1. The van der Waals surface area contributed by atoms with Crippen LogP contribution in [0.5, 0.6) is 0 Å². The minimum Gasteiger partial charge on any atom is -0.463 e. The van der Waals surface area contributed by atoms with E-state index in [9.17, 15) is 14.7 Å². The van der Waals surface area contributed by atoms with Crippen LogP contribution < -0.4 is 0 Å². The molecule has 10 atom stereocenters. The van der Waals surface area contributed by atoms with Crippen molar-refractivity contribution < 1.29 is 32.7 Å². The molecule has 0 radical (unpaired) electrons. The molecule has 0 heterocycles. The molecule has 0 rings (SSSR count). The van der Waals surface area contributed by atoms with Gasteiger partial charge in [-0.2, -0.15) is 0 Å². The molecule has 1 N–H and O–H groups in total. The molecule has 11 heteroatoms. The number of aliphatic hydroxyl groups is 1. The molecule has 0 aliphatic rings. The molecular weight excluding hydrogens is 921 g/mol. The minimum atomic E-state index is -2.24. The molecule has 0 saturated heterocycles. The van der Waals surface area contributed by atoms with Gasteiger partial charge in [-0.05, 0) is 108 Å². The third kappa shape index (κ3) is 23.1. The third-order valence-corrected chi connectivity index (χ3v) is 32.8. The van der Waals surface area contributed by atoms with E-state index >= 15 is 0 Å². The van der Waals surface area contributed by atoms with E-state index in [1.165, 1.54) is 6.08 Å². The van der Waals surface area contributed by atoms with Crippen molar-refractivity contribution >= 4 is 44.8 Å². The van der Waals surface area contributed by atoms with Crippen LogP contribution in [0.1, 0.15) is 150 Å². The Balaban J connectivity index is 6.68. The molecule has 0 saturated carbocycles. The molecule has 0 unspecified atom stereocenters. The van der Waals surface area contributed by atoms with Gasteiger partial charge in [-0.3, -0.25) is 4.79 Å². The third-order valence-electron chi connectivity index (χ3n) is 16.0. The van der Waals surface area contributed by atoms with Crippen molar-refractivity contribution in [3.63, 3.8) is 0 Å². The standard InChI is InChI=1S/C58H112O7Si4/c1-27-28-31-47(10)55(61)50(13)52(64-69(42(2)3,43(4)5)44(6)7)37-34-45(8)40-49(12)56(65-68(25,26)58(17,18)19)48(11)35-36-51(59)41-53(63-67(23,24)57(14,15)16)46(9)32-29-30-33-54(60)62-38-39-66(20,21)22/h27-33,35-36,42-50,52-53,55-56,61H,1,34,37-41H2,2-26H3/b31-28-,32-29+,33-30-,36-35-/t45-,46+,47-,48-,49-,50-,52+,53-,55-,56-/m0/s1. The van der Waals surface area contributed by atoms with Gasteiger partial charge in [0.25, 0.3) is 0 Å². The van der Waals surface area contributed by atoms with Gasteiger partial charge >= 0.3 is 5.97 Å². The normalized spacial score (nSPS) is 18.6. The zero-order valence-corrected chi connectivity index (χ0v) is 53.5. The SMILES string of the molecule is C=C/C=C\[C@H](C)[C@H](O)[C@@H](C)[C@@H](CC[C@H](C)C[C@H](C)[C@@H](O[Si](C)(C)C(C)(C)C)[C@@H](C)/C=C\C(=O)C[C@H](O[Si](C)(C)C(C)(C)C)[C@H](C)/C=C/C=C\C(=O)OCC[Si](C)(C)C)O[Si](C(C)C)(C(C)C)C(C)C. The van der Waals surface area contributed by atoms with Crippen molar-refractivity contribution in [1.29, 1.82) is 0 Å². The molecule has 0 aliphatic heterocycles. The quantitative estimate of drug-likeness (QED) is 0.0311. The number of hydrogen-bond acceptors (Lipinski definition) is 7. The first-order valence-corrected chi connectivity index (χ1v) is 38.7. The summed E-state index contributed by atoms with van der Waals surface area (Å²) in [5.74, 6) is 0.215. The number of carbonyl (C=O) groups is 2. The van der Waals surface area contributed by atoms with E-state index in [1.807, 2.05) is 18.2 Å². The van der Waals surface area contributed by atoms with Crippen LogP contribution in [-0.2, 0) is 27.6 Å². The second kappa shape index (κ2) is 29.4. The summed E-state index contributed by atoms with van der Waals surface area (Å²) in [5.41, 5.74) is 1.34. The molecular formula is C58H112O7Si4. The Labute approximate surface area is 432 Å². The highest BCUT2D eigenvalue weighted by Crippen LogP contribution is 2.46. The van der Waals surface area contributed by atoms with Gasteiger partial charge in [0.2, 0.25) is 8.32 Å². The van der Waals surface area contributed by atoms with E-state index in [1.54, 1.807) is 18.2 Å². The van der Waals surface area contributed by atoms with Crippen LogP contribution in [0.4, 0.5) is 0 Å². The van der Waals surface area contributed by atoms with Gasteiger partial charge in [0, 0.05) is 32.4 Å². The Kier molecular flexibility index (Phi) is 28.8. The van der Waals surface area contributed by atoms with E-state index in [0.29, 0.717) is 29.1 Å². The molecule has 0 aromatic heterocycles. The highest BCUT2D eigenvalue weighted by Gasteiger charge is 2.48. The summed E-state index contributed by atoms with van der Waals surface area (Å²) in [7, 11) is -7.96. The number of carbonyl (C=O) groups excluding carboxylic acids is 2. The fourth-order valence-electron chi connectivity index (χ4n) is 9.29. The average molecular weight is 1030 g/mol. The molecule has 0 aromatic carbocycles. The fourth-order valence-corrected chi connectivity index (χ4v) is 18.6. The first-order valence-electron chi connectivity index (χ1n) is 27.0. The summed E-state index contributed by atoms with van der Waals surface area (Å²) < 4.78 is 27.3. The fraction of sp³-hybridized carbons (Fsp3) is 0.793. The van der Waals surface area contributed by atoms with Gasteiger partial charge in [0.05, 0.1) is 31.0 Å². The van der Waals surface area contributed by atoms with Crippen molar-refractivity contribution in [2.45, 2.75) is 253 Å². The maximum atomic E-state index is 14.1. The molecule has 0 aliphatic carbocycles. The number of esters is 1. The first kappa shape index (κ1) is 67.5. The molecule has 0 amide bonds. The Morgan fingerprint density at radius 1 is 0.609 bits per heavy atom. The van der Waals surface area contributed by atoms with Crippen LogP contribution in [0.15, 0.2) is 61.3 Å². The zero-order chi connectivity index (χ0) is 54.1. The van der Waals surface area contributed by atoms with Crippen LogP contribution in [-0.4, -0.2) is 80.9 Å². The number of allylic oxidation sites excluding steroid dienone is 5. The summed E-state index contributed by atoms with van der Waals surface area (Å²) >= 11 is 0. The second-order valence-corrected chi connectivity index (χ2v) is 47.0. The van der Waals surface area contributed by atoms with Gasteiger partial charge in [-0.15, -0.1) is 0 Å². The number of hydrogen-bond donors (Lipinski definition) is 1. The highest BCUT2D eigenvalue weighted by molar-refractivity contribution is 6.78. The molecule has 0 fully saturated rings. The van der Waals surface area contributed by atoms with Crippen LogP contribution in [0.3, 0.4) is 0 Å². The second-order valence-electron chi connectivity index (χ2n) is 26.4. The lowest BCUT2D eigenvalue weighted by Crippen LogP contribution is -2.52. The zero-order valence-electron chi connectivity index (χ0n) is 49.5. The van der Waals surface area contributed by atoms with Crippen molar-refractivity contribution in [3.8, 4) is 0 Å². The van der Waals surface area contributed by atoms with E-state index < -0.39 is 39.1 Å². The summed E-state index contributed by atoms with van der Waals surface area (Å²) in [5, 5.41) is 11.7. The predicted octanol–water partition coefficient (Wildman–Crippen LogP) is 16.9. The molecule has 69 heavy (non-hydrogen) atoms. The van der Waals surface area contributed by atoms with Crippen molar-refractivity contribution in [2.24, 2.45) is 35.5 Å². The van der Waals surface area contributed by atoms with E-state index in [2.05, 4.69) is 189 Å². The van der Waals surface area contributed by atoms with E-state index in [-0.39, 0.29) is 76.2 Å². The first-order chi connectivity index (χ1) is 31.3. The highest BCUT2D eigenvalue weighted by atomic mass is 28.4. The number of rotatable bonds is 32. The van der Waals surface area contributed by atoms with Crippen LogP contribution >= 0.6 is 0 Å². The maximum Gasteiger partial charge on any atom is 0.330 e. The van der Waals surface area contributed by atoms with Crippen LogP contribution in [0.25, 0.3) is 0 Å². The Bertz CT molecular complexity index is 1620. The van der Waals surface area contributed by atoms with E-state index in [0.717, 1.165) is 25.3 Å². The van der Waals surface area contributed by atoms with Gasteiger partial charge in [-0.25, -0.2) is 4.79 Å². The average Bonchev–Trinajstić information content (AvgIpc) is 3.19. The van der Waals surface area contributed by atoms with Gasteiger partial charge < -0.3 is 23.1 Å². The van der Waals surface area contributed by atoms with Crippen LogP contribution in [0, 0.1) is 35.5 Å². The van der Waals surface area contributed by atoms with E-state index in [4.69, 9.17) is 18.0 Å². The van der Waals surface area contributed by atoms with Gasteiger partial charge in [0.1, 0.15) is 0 Å². The van der Waals surface area contributed by atoms with Gasteiger partial charge in [-0.1, -0.05) is 193 Å². The number of aliphatic hydroxyl groups excluding tert-OH is 1. The Morgan fingerprint density at radius 3 is 1.59 bits per heavy atom. The summed E-state index contributed by atoms with van der Waals surface area (Å²) in [4.78, 5) is 26.4. The lowest BCUT2D eigenvalue weighted by atomic mass is 9.82. The molecule has 402 valence electrons. The molecule has 0 spiro atoms. The van der Waals surface area contributed by atoms with Gasteiger partial charge in [0.15, 0.2) is 22.4 Å².